The fraction of sp³-hybridized carbons (Fsp3) is 0.0476. The Morgan fingerprint density at radius 1 is 1.00 bits per heavy atom. The van der Waals surface area contributed by atoms with E-state index in [1.54, 1.807) is 12.1 Å². The van der Waals surface area contributed by atoms with Gasteiger partial charge in [0, 0.05) is 16.1 Å². The molecule has 1 aromatic heterocycles. The predicted molar refractivity (Wildman–Crippen MR) is 110 cm³/mol. The van der Waals surface area contributed by atoms with E-state index in [9.17, 15) is 9.59 Å². The van der Waals surface area contributed by atoms with Gasteiger partial charge in [0.05, 0.1) is 11.4 Å². The third-order valence-electron chi connectivity index (χ3n) is 4.06. The van der Waals surface area contributed by atoms with Crippen molar-refractivity contribution in [2.24, 2.45) is 0 Å². The van der Waals surface area contributed by atoms with Gasteiger partial charge in [0.1, 0.15) is 11.5 Å². The standard InChI is InChI=1S/C21H14BrNO3S/c22-16-8-4-5-14(11-16)13-23-20(24)19(27-21(23)25)12-17-9-10-18(26-17)15-6-2-1-3-7-15/h1-12H,13H2/b19-12-. The second-order valence-electron chi connectivity index (χ2n) is 5.97. The molecule has 2 heterocycles. The van der Waals surface area contributed by atoms with Gasteiger partial charge in [-0.05, 0) is 41.6 Å². The topological polar surface area (TPSA) is 50.5 Å². The highest BCUT2D eigenvalue weighted by molar-refractivity contribution is 9.10. The molecule has 1 fully saturated rings. The first-order valence-corrected chi connectivity index (χ1v) is 9.86. The van der Waals surface area contributed by atoms with Crippen LogP contribution in [0, 0.1) is 0 Å². The van der Waals surface area contributed by atoms with Crippen LogP contribution in [0.25, 0.3) is 17.4 Å². The van der Waals surface area contributed by atoms with Crippen LogP contribution in [0.5, 0.6) is 0 Å². The van der Waals surface area contributed by atoms with E-state index in [4.69, 9.17) is 4.42 Å². The highest BCUT2D eigenvalue weighted by atomic mass is 79.9. The van der Waals surface area contributed by atoms with Gasteiger partial charge in [-0.25, -0.2) is 0 Å². The zero-order chi connectivity index (χ0) is 18.8. The van der Waals surface area contributed by atoms with Crippen LogP contribution < -0.4 is 0 Å². The van der Waals surface area contributed by atoms with Gasteiger partial charge in [0.15, 0.2) is 0 Å². The molecule has 4 rings (SSSR count). The Morgan fingerprint density at radius 3 is 2.59 bits per heavy atom. The first-order valence-electron chi connectivity index (χ1n) is 8.25. The highest BCUT2D eigenvalue weighted by Gasteiger charge is 2.35. The summed E-state index contributed by atoms with van der Waals surface area (Å²) < 4.78 is 6.72. The number of carbonyl (C=O) groups excluding carboxylic acids is 2. The number of rotatable bonds is 4. The van der Waals surface area contributed by atoms with Crippen LogP contribution in [0.2, 0.25) is 0 Å². The van der Waals surface area contributed by atoms with Crippen LogP contribution in [-0.4, -0.2) is 16.0 Å². The maximum Gasteiger partial charge on any atom is 0.293 e. The molecule has 0 aliphatic carbocycles. The lowest BCUT2D eigenvalue weighted by Gasteiger charge is -2.12. The van der Waals surface area contributed by atoms with Crippen LogP contribution in [-0.2, 0) is 11.3 Å². The largest absolute Gasteiger partial charge is 0.457 e. The summed E-state index contributed by atoms with van der Waals surface area (Å²) in [7, 11) is 0. The quantitative estimate of drug-likeness (QED) is 0.471. The summed E-state index contributed by atoms with van der Waals surface area (Å²) in [6, 6.07) is 20.9. The molecule has 6 heteroatoms. The number of benzene rings is 2. The molecular weight excluding hydrogens is 426 g/mol. The Kier molecular flexibility index (Phi) is 5.01. The van der Waals surface area contributed by atoms with Gasteiger partial charge in [-0.2, -0.15) is 0 Å². The number of amides is 2. The van der Waals surface area contributed by atoms with E-state index >= 15 is 0 Å². The molecule has 0 spiro atoms. The minimum atomic E-state index is -0.303. The van der Waals surface area contributed by atoms with E-state index in [2.05, 4.69) is 15.9 Å². The van der Waals surface area contributed by atoms with Crippen molar-refractivity contribution >= 4 is 44.9 Å². The molecule has 0 radical (unpaired) electrons. The number of nitrogens with zero attached hydrogens (tertiary/aromatic N) is 1. The average molecular weight is 440 g/mol. The molecule has 1 aliphatic heterocycles. The van der Waals surface area contributed by atoms with Gasteiger partial charge in [-0.1, -0.05) is 58.4 Å². The second kappa shape index (κ2) is 7.58. The molecule has 2 amide bonds. The molecular formula is C21H14BrNO3S. The van der Waals surface area contributed by atoms with Crippen LogP contribution in [0.3, 0.4) is 0 Å². The minimum absolute atomic E-state index is 0.245. The Bertz CT molecular complexity index is 1040. The summed E-state index contributed by atoms with van der Waals surface area (Å²) in [6.07, 6.45) is 1.62. The summed E-state index contributed by atoms with van der Waals surface area (Å²) in [5.74, 6) is 0.958. The first kappa shape index (κ1) is 17.8. The fourth-order valence-corrected chi connectivity index (χ4v) is 4.04. The van der Waals surface area contributed by atoms with Crippen molar-refractivity contribution in [2.45, 2.75) is 6.54 Å². The molecule has 0 atom stereocenters. The number of hydrogen-bond donors (Lipinski definition) is 0. The van der Waals surface area contributed by atoms with Crippen molar-refractivity contribution in [3.8, 4) is 11.3 Å². The number of imide groups is 1. The zero-order valence-corrected chi connectivity index (χ0v) is 16.5. The summed E-state index contributed by atoms with van der Waals surface area (Å²) >= 11 is 4.33. The average Bonchev–Trinajstić information content (AvgIpc) is 3.23. The minimum Gasteiger partial charge on any atom is -0.457 e. The molecule has 0 N–H and O–H groups in total. The number of hydrogen-bond acceptors (Lipinski definition) is 4. The molecule has 0 bridgehead atoms. The number of furan rings is 1. The van der Waals surface area contributed by atoms with Gasteiger partial charge in [-0.15, -0.1) is 0 Å². The Hall–Kier alpha value is -2.57. The normalized spacial score (nSPS) is 15.7. The van der Waals surface area contributed by atoms with Crippen molar-refractivity contribution in [1.29, 1.82) is 0 Å². The molecule has 1 aliphatic rings. The number of thioether (sulfide) groups is 1. The van der Waals surface area contributed by atoms with Crippen LogP contribution >= 0.6 is 27.7 Å². The van der Waals surface area contributed by atoms with Crippen molar-refractivity contribution in [3.05, 3.63) is 87.4 Å². The second-order valence-corrected chi connectivity index (χ2v) is 7.87. The van der Waals surface area contributed by atoms with Crippen LogP contribution in [0.15, 0.2) is 80.5 Å². The first-order chi connectivity index (χ1) is 13.1. The monoisotopic (exact) mass is 439 g/mol. The van der Waals surface area contributed by atoms with Crippen molar-refractivity contribution in [2.75, 3.05) is 0 Å². The summed E-state index contributed by atoms with van der Waals surface area (Å²) in [5.41, 5.74) is 1.84. The SMILES string of the molecule is O=C1S/C(=C\c2ccc(-c3ccccc3)o2)C(=O)N1Cc1cccc(Br)c1. The summed E-state index contributed by atoms with van der Waals surface area (Å²) in [6.45, 7) is 0.245. The van der Waals surface area contributed by atoms with Crippen LogP contribution in [0.4, 0.5) is 4.79 Å². The Balaban J connectivity index is 1.54. The summed E-state index contributed by atoms with van der Waals surface area (Å²) in [4.78, 5) is 26.5. The van der Waals surface area contributed by atoms with Crippen molar-refractivity contribution in [1.82, 2.24) is 4.90 Å². The predicted octanol–water partition coefficient (Wildman–Crippen LogP) is 5.95. The number of halogens is 1. The maximum absolute atomic E-state index is 12.6. The lowest BCUT2D eigenvalue weighted by molar-refractivity contribution is -0.123. The van der Waals surface area contributed by atoms with Gasteiger partial charge in [-0.3, -0.25) is 14.5 Å². The molecule has 27 heavy (non-hydrogen) atoms. The molecule has 2 aromatic carbocycles. The van der Waals surface area contributed by atoms with Crippen molar-refractivity contribution in [3.63, 3.8) is 0 Å². The van der Waals surface area contributed by atoms with E-state index in [1.165, 1.54) is 4.90 Å². The zero-order valence-electron chi connectivity index (χ0n) is 14.1. The van der Waals surface area contributed by atoms with E-state index in [0.29, 0.717) is 10.7 Å². The Labute approximate surface area is 169 Å². The van der Waals surface area contributed by atoms with Gasteiger partial charge >= 0.3 is 0 Å². The summed E-state index contributed by atoms with van der Waals surface area (Å²) in [5, 5.41) is -0.277. The maximum atomic E-state index is 12.6. The lowest BCUT2D eigenvalue weighted by Crippen LogP contribution is -2.27. The third-order valence-corrected chi connectivity index (χ3v) is 5.46. The van der Waals surface area contributed by atoms with Crippen molar-refractivity contribution < 1.29 is 14.0 Å². The Morgan fingerprint density at radius 2 is 1.81 bits per heavy atom. The highest BCUT2D eigenvalue weighted by Crippen LogP contribution is 2.34. The van der Waals surface area contributed by atoms with E-state index in [0.717, 1.165) is 33.1 Å². The number of carbonyl (C=O) groups is 2. The van der Waals surface area contributed by atoms with Gasteiger partial charge in [0.2, 0.25) is 0 Å². The fourth-order valence-electron chi connectivity index (χ4n) is 2.77. The van der Waals surface area contributed by atoms with Crippen LogP contribution in [0.1, 0.15) is 11.3 Å². The van der Waals surface area contributed by atoms with E-state index in [1.807, 2.05) is 60.7 Å². The van der Waals surface area contributed by atoms with Gasteiger partial charge in [0.25, 0.3) is 11.1 Å². The van der Waals surface area contributed by atoms with Gasteiger partial charge < -0.3 is 4.42 Å². The lowest BCUT2D eigenvalue weighted by atomic mass is 10.2. The molecule has 0 saturated carbocycles. The smallest absolute Gasteiger partial charge is 0.293 e. The molecule has 3 aromatic rings. The third kappa shape index (κ3) is 3.91. The van der Waals surface area contributed by atoms with E-state index < -0.39 is 0 Å². The molecule has 0 unspecified atom stereocenters. The molecule has 4 nitrogen and oxygen atoms in total. The molecule has 1 saturated heterocycles. The molecule has 134 valence electrons. The van der Waals surface area contributed by atoms with E-state index in [-0.39, 0.29) is 17.7 Å².